The summed E-state index contributed by atoms with van der Waals surface area (Å²) in [7, 11) is 1.71. The molecule has 7 heteroatoms. The Balaban J connectivity index is 0.000000597. The highest BCUT2D eigenvalue weighted by Crippen LogP contribution is 2.24. The normalized spacial score (nSPS) is 14.0. The standard InChI is InChI=1S/C16H25N3O2.C3H6O2/c1-16(2,3)21-15(20)18(4)13-10-14(12-17-11-13)19-8-6-5-7-9-19;1-2-5-3-4/h10-12H,5-9H2,1-4H3;3H,2H2,1H3. The Labute approximate surface area is 156 Å². The Morgan fingerprint density at radius 1 is 1.27 bits per heavy atom. The van der Waals surface area contributed by atoms with E-state index < -0.39 is 5.60 Å². The Kier molecular flexibility index (Phi) is 8.88. The largest absolute Gasteiger partial charge is 0.468 e. The molecule has 2 heterocycles. The first-order chi connectivity index (χ1) is 12.3. The molecule has 0 spiro atoms. The molecule has 0 radical (unpaired) electrons. The van der Waals surface area contributed by atoms with Crippen LogP contribution in [0, 0.1) is 0 Å². The monoisotopic (exact) mass is 365 g/mol. The number of carbonyl (C=O) groups excluding carboxylic acids is 2. The van der Waals surface area contributed by atoms with Gasteiger partial charge in [-0.2, -0.15) is 0 Å². The lowest BCUT2D eigenvalue weighted by atomic mass is 10.1. The maximum Gasteiger partial charge on any atom is 0.414 e. The molecule has 1 aromatic heterocycles. The van der Waals surface area contributed by atoms with E-state index in [4.69, 9.17) is 4.74 Å². The smallest absolute Gasteiger partial charge is 0.414 e. The molecule has 0 atom stereocenters. The number of piperidine rings is 1. The van der Waals surface area contributed by atoms with Crippen molar-refractivity contribution in [3.05, 3.63) is 18.5 Å². The first-order valence-electron chi connectivity index (χ1n) is 9.00. The first kappa shape index (κ1) is 21.7. The number of aromatic nitrogens is 1. The van der Waals surface area contributed by atoms with Gasteiger partial charge in [0.15, 0.2) is 0 Å². The van der Waals surface area contributed by atoms with Crippen LogP contribution in [-0.4, -0.2) is 49.9 Å². The van der Waals surface area contributed by atoms with Gasteiger partial charge in [0.2, 0.25) is 0 Å². The minimum absolute atomic E-state index is 0.361. The molecule has 2 rings (SSSR count). The van der Waals surface area contributed by atoms with Crippen LogP contribution < -0.4 is 9.80 Å². The number of carbonyl (C=O) groups is 2. The molecule has 7 nitrogen and oxygen atoms in total. The Morgan fingerprint density at radius 3 is 2.42 bits per heavy atom. The number of hydrogen-bond acceptors (Lipinski definition) is 6. The van der Waals surface area contributed by atoms with E-state index in [0.717, 1.165) is 24.5 Å². The van der Waals surface area contributed by atoms with Gasteiger partial charge in [0.05, 0.1) is 30.4 Å². The molecule has 0 aromatic carbocycles. The first-order valence-corrected chi connectivity index (χ1v) is 9.00. The summed E-state index contributed by atoms with van der Waals surface area (Å²) < 4.78 is 9.54. The molecule has 1 aliphatic rings. The second kappa shape index (κ2) is 10.6. The second-order valence-corrected chi connectivity index (χ2v) is 7.04. The lowest BCUT2D eigenvalue weighted by Gasteiger charge is -2.29. The molecule has 0 aliphatic carbocycles. The van der Waals surface area contributed by atoms with Gasteiger partial charge in [0.1, 0.15) is 5.60 Å². The van der Waals surface area contributed by atoms with Crippen molar-refractivity contribution in [2.45, 2.75) is 52.6 Å². The van der Waals surface area contributed by atoms with E-state index in [2.05, 4.69) is 14.6 Å². The van der Waals surface area contributed by atoms with E-state index in [1.807, 2.05) is 33.0 Å². The Hall–Kier alpha value is -2.31. The van der Waals surface area contributed by atoms with Crippen LogP contribution in [0.5, 0.6) is 0 Å². The molecule has 1 fully saturated rings. The van der Waals surface area contributed by atoms with Crippen molar-refractivity contribution in [2.24, 2.45) is 0 Å². The van der Waals surface area contributed by atoms with Gasteiger partial charge in [-0.15, -0.1) is 0 Å². The number of rotatable bonds is 4. The number of ether oxygens (including phenoxy) is 2. The third kappa shape index (κ3) is 7.72. The van der Waals surface area contributed by atoms with Crippen molar-refractivity contribution >= 4 is 23.9 Å². The van der Waals surface area contributed by atoms with E-state index in [1.54, 1.807) is 20.2 Å². The van der Waals surface area contributed by atoms with Crippen molar-refractivity contribution < 1.29 is 19.1 Å². The molecule has 146 valence electrons. The van der Waals surface area contributed by atoms with E-state index in [1.165, 1.54) is 24.2 Å². The zero-order valence-electron chi connectivity index (χ0n) is 16.5. The fourth-order valence-electron chi connectivity index (χ4n) is 2.43. The van der Waals surface area contributed by atoms with Crippen molar-refractivity contribution in [1.29, 1.82) is 0 Å². The highest BCUT2D eigenvalue weighted by molar-refractivity contribution is 5.87. The summed E-state index contributed by atoms with van der Waals surface area (Å²) in [5.74, 6) is 0. The highest BCUT2D eigenvalue weighted by atomic mass is 16.6. The van der Waals surface area contributed by atoms with Crippen molar-refractivity contribution in [2.75, 3.05) is 36.5 Å². The molecule has 1 saturated heterocycles. The summed E-state index contributed by atoms with van der Waals surface area (Å²) >= 11 is 0. The molecule has 0 saturated carbocycles. The van der Waals surface area contributed by atoms with Crippen molar-refractivity contribution in [3.8, 4) is 0 Å². The van der Waals surface area contributed by atoms with Gasteiger partial charge in [-0.1, -0.05) is 0 Å². The predicted molar refractivity (Wildman–Crippen MR) is 103 cm³/mol. The fourth-order valence-corrected chi connectivity index (χ4v) is 2.43. The third-order valence-corrected chi connectivity index (χ3v) is 3.72. The summed E-state index contributed by atoms with van der Waals surface area (Å²) in [4.78, 5) is 29.4. The number of anilines is 2. The summed E-state index contributed by atoms with van der Waals surface area (Å²) in [6.07, 6.45) is 6.91. The van der Waals surface area contributed by atoms with Crippen LogP contribution in [-0.2, 0) is 14.3 Å². The van der Waals surface area contributed by atoms with Gasteiger partial charge in [0.25, 0.3) is 6.47 Å². The van der Waals surface area contributed by atoms with Crippen molar-refractivity contribution in [3.63, 3.8) is 0 Å². The molecule has 0 unspecified atom stereocenters. The zero-order valence-corrected chi connectivity index (χ0v) is 16.5. The number of pyridine rings is 1. The average molecular weight is 365 g/mol. The van der Waals surface area contributed by atoms with Gasteiger partial charge in [0, 0.05) is 20.1 Å². The van der Waals surface area contributed by atoms with Crippen LogP contribution in [0.25, 0.3) is 0 Å². The van der Waals surface area contributed by atoms with Crippen LogP contribution in [0.3, 0.4) is 0 Å². The lowest BCUT2D eigenvalue weighted by molar-refractivity contribution is -0.128. The van der Waals surface area contributed by atoms with E-state index >= 15 is 0 Å². The van der Waals surface area contributed by atoms with Gasteiger partial charge < -0.3 is 14.4 Å². The average Bonchev–Trinajstić information content (AvgIpc) is 2.62. The minimum Gasteiger partial charge on any atom is -0.468 e. The third-order valence-electron chi connectivity index (χ3n) is 3.72. The van der Waals surface area contributed by atoms with Crippen LogP contribution >= 0.6 is 0 Å². The van der Waals surface area contributed by atoms with Crippen molar-refractivity contribution in [1.82, 2.24) is 4.98 Å². The quantitative estimate of drug-likeness (QED) is 0.759. The van der Waals surface area contributed by atoms with Crippen LogP contribution in [0.15, 0.2) is 18.5 Å². The minimum atomic E-state index is -0.497. The number of hydrogen-bond donors (Lipinski definition) is 0. The topological polar surface area (TPSA) is 72.0 Å². The maximum atomic E-state index is 12.1. The maximum absolute atomic E-state index is 12.1. The molecule has 0 N–H and O–H groups in total. The Bertz CT molecular complexity index is 566. The van der Waals surface area contributed by atoms with E-state index in [-0.39, 0.29) is 6.09 Å². The van der Waals surface area contributed by atoms with Gasteiger partial charge in [-0.3, -0.25) is 14.7 Å². The second-order valence-electron chi connectivity index (χ2n) is 7.04. The lowest BCUT2D eigenvalue weighted by Crippen LogP contribution is -2.34. The molecular weight excluding hydrogens is 334 g/mol. The number of nitrogens with zero attached hydrogens (tertiary/aromatic N) is 3. The van der Waals surface area contributed by atoms with Crippen LogP contribution in [0.4, 0.5) is 16.2 Å². The SMILES string of the molecule is CCOC=O.CN(C(=O)OC(C)(C)C)c1cncc(N2CCCCC2)c1. The van der Waals surface area contributed by atoms with Gasteiger partial charge >= 0.3 is 6.09 Å². The molecule has 1 aromatic rings. The summed E-state index contributed by atoms with van der Waals surface area (Å²) in [5, 5.41) is 0. The van der Waals surface area contributed by atoms with Crippen LogP contribution in [0.1, 0.15) is 47.0 Å². The summed E-state index contributed by atoms with van der Waals surface area (Å²) in [6.45, 7) is 10.4. The van der Waals surface area contributed by atoms with Gasteiger partial charge in [-0.05, 0) is 53.0 Å². The highest BCUT2D eigenvalue weighted by Gasteiger charge is 2.21. The predicted octanol–water partition coefficient (Wildman–Crippen LogP) is 3.62. The summed E-state index contributed by atoms with van der Waals surface area (Å²) in [5.41, 5.74) is 1.33. The molecular formula is C19H31N3O4. The number of amides is 1. The zero-order chi connectivity index (χ0) is 19.6. The molecule has 1 aliphatic heterocycles. The molecule has 0 bridgehead atoms. The summed E-state index contributed by atoms with van der Waals surface area (Å²) in [6, 6.07) is 2.00. The molecule has 26 heavy (non-hydrogen) atoms. The van der Waals surface area contributed by atoms with Gasteiger partial charge in [-0.25, -0.2) is 4.79 Å². The van der Waals surface area contributed by atoms with E-state index in [9.17, 15) is 9.59 Å². The molecule has 1 amide bonds. The Morgan fingerprint density at radius 2 is 1.92 bits per heavy atom. The fraction of sp³-hybridized carbons (Fsp3) is 0.632. The van der Waals surface area contributed by atoms with E-state index in [0.29, 0.717) is 13.1 Å². The van der Waals surface area contributed by atoms with Crippen LogP contribution in [0.2, 0.25) is 0 Å².